The van der Waals surface area contributed by atoms with E-state index in [4.69, 9.17) is 0 Å². The van der Waals surface area contributed by atoms with Crippen molar-refractivity contribution >= 4 is 0 Å². The van der Waals surface area contributed by atoms with Gasteiger partial charge in [-0.05, 0) is 44.4 Å². The molecule has 0 aromatic carbocycles. The van der Waals surface area contributed by atoms with Crippen LogP contribution < -0.4 is 5.32 Å². The Balaban J connectivity index is 2.25. The van der Waals surface area contributed by atoms with Crippen molar-refractivity contribution < 1.29 is 0 Å². The number of hydrogen-bond donors (Lipinski definition) is 1. The summed E-state index contributed by atoms with van der Waals surface area (Å²) >= 11 is 0. The number of nitrogens with one attached hydrogen (secondary N) is 1. The van der Waals surface area contributed by atoms with Gasteiger partial charge in [-0.15, -0.1) is 6.58 Å². The van der Waals surface area contributed by atoms with E-state index in [0.29, 0.717) is 11.5 Å². The molecule has 1 rings (SSSR count). The lowest BCUT2D eigenvalue weighted by Crippen LogP contribution is -2.40. The standard InChI is InChI=1S/C13H25N/c1-5-6-11(2)14-12-7-9-13(3,4)10-8-12/h5,11-12,14H,1,6-10H2,2-4H3. The van der Waals surface area contributed by atoms with Gasteiger partial charge in [-0.25, -0.2) is 0 Å². The minimum absolute atomic E-state index is 0.583. The van der Waals surface area contributed by atoms with Gasteiger partial charge in [0.05, 0.1) is 0 Å². The van der Waals surface area contributed by atoms with Crippen LogP contribution >= 0.6 is 0 Å². The molecule has 1 aliphatic carbocycles. The van der Waals surface area contributed by atoms with E-state index in [1.165, 1.54) is 25.7 Å². The lowest BCUT2D eigenvalue weighted by molar-refractivity contribution is 0.200. The maximum atomic E-state index is 3.78. The second-order valence-electron chi connectivity index (χ2n) is 5.53. The fraction of sp³-hybridized carbons (Fsp3) is 0.846. The summed E-state index contributed by atoms with van der Waals surface area (Å²) in [6.07, 6.45) is 8.50. The number of rotatable bonds is 4. The van der Waals surface area contributed by atoms with Crippen molar-refractivity contribution in [3.8, 4) is 0 Å². The predicted molar refractivity (Wildman–Crippen MR) is 63.4 cm³/mol. The molecule has 0 aromatic heterocycles. The van der Waals surface area contributed by atoms with E-state index in [1.807, 2.05) is 6.08 Å². The molecule has 1 aliphatic rings. The molecule has 1 nitrogen and oxygen atoms in total. The Labute approximate surface area is 89.0 Å². The average Bonchev–Trinajstić information content (AvgIpc) is 2.09. The summed E-state index contributed by atoms with van der Waals surface area (Å²) in [4.78, 5) is 0. The topological polar surface area (TPSA) is 12.0 Å². The summed E-state index contributed by atoms with van der Waals surface area (Å²) in [5, 5.41) is 3.69. The highest BCUT2D eigenvalue weighted by molar-refractivity contribution is 4.85. The largest absolute Gasteiger partial charge is 0.311 e. The van der Waals surface area contributed by atoms with E-state index in [0.717, 1.165) is 12.5 Å². The third-order valence-corrected chi connectivity index (χ3v) is 3.38. The fourth-order valence-corrected chi connectivity index (χ4v) is 2.29. The minimum atomic E-state index is 0.583. The van der Waals surface area contributed by atoms with Crippen molar-refractivity contribution in [2.75, 3.05) is 0 Å². The Morgan fingerprint density at radius 3 is 2.50 bits per heavy atom. The van der Waals surface area contributed by atoms with Crippen LogP contribution in [0.1, 0.15) is 52.9 Å². The van der Waals surface area contributed by atoms with Crippen LogP contribution in [-0.4, -0.2) is 12.1 Å². The third-order valence-electron chi connectivity index (χ3n) is 3.38. The van der Waals surface area contributed by atoms with Gasteiger partial charge in [0.2, 0.25) is 0 Å². The molecule has 0 amide bonds. The molecule has 1 atom stereocenters. The van der Waals surface area contributed by atoms with E-state index >= 15 is 0 Å². The van der Waals surface area contributed by atoms with Crippen LogP contribution in [0.2, 0.25) is 0 Å². The molecular weight excluding hydrogens is 170 g/mol. The van der Waals surface area contributed by atoms with Crippen LogP contribution in [0.5, 0.6) is 0 Å². The summed E-state index contributed by atoms with van der Waals surface area (Å²) in [6.45, 7) is 10.8. The second-order valence-corrected chi connectivity index (χ2v) is 5.53. The van der Waals surface area contributed by atoms with Crippen molar-refractivity contribution in [1.29, 1.82) is 0 Å². The smallest absolute Gasteiger partial charge is 0.00757 e. The molecule has 0 aromatic rings. The highest BCUT2D eigenvalue weighted by Gasteiger charge is 2.26. The second kappa shape index (κ2) is 4.97. The molecule has 1 N–H and O–H groups in total. The third kappa shape index (κ3) is 3.83. The molecule has 14 heavy (non-hydrogen) atoms. The fourth-order valence-electron chi connectivity index (χ4n) is 2.29. The Morgan fingerprint density at radius 2 is 2.00 bits per heavy atom. The monoisotopic (exact) mass is 195 g/mol. The first-order chi connectivity index (χ1) is 6.53. The molecule has 0 spiro atoms. The molecule has 0 heterocycles. The average molecular weight is 195 g/mol. The van der Waals surface area contributed by atoms with Gasteiger partial charge in [0, 0.05) is 12.1 Å². The van der Waals surface area contributed by atoms with Crippen molar-refractivity contribution in [2.45, 2.75) is 65.0 Å². The lowest BCUT2D eigenvalue weighted by atomic mass is 9.75. The maximum absolute atomic E-state index is 3.78. The molecule has 82 valence electrons. The van der Waals surface area contributed by atoms with Crippen molar-refractivity contribution in [3.05, 3.63) is 12.7 Å². The van der Waals surface area contributed by atoms with Gasteiger partial charge in [0.1, 0.15) is 0 Å². The van der Waals surface area contributed by atoms with Crippen molar-refractivity contribution in [2.24, 2.45) is 5.41 Å². The Bertz CT molecular complexity index is 174. The van der Waals surface area contributed by atoms with Crippen LogP contribution in [0.3, 0.4) is 0 Å². The first-order valence-electron chi connectivity index (χ1n) is 5.90. The summed E-state index contributed by atoms with van der Waals surface area (Å²) in [5.74, 6) is 0. The molecule has 1 heteroatoms. The summed E-state index contributed by atoms with van der Waals surface area (Å²) in [7, 11) is 0. The highest BCUT2D eigenvalue weighted by Crippen LogP contribution is 2.35. The van der Waals surface area contributed by atoms with E-state index < -0.39 is 0 Å². The predicted octanol–water partition coefficient (Wildman–Crippen LogP) is 3.51. The van der Waals surface area contributed by atoms with Gasteiger partial charge in [0.25, 0.3) is 0 Å². The van der Waals surface area contributed by atoms with Gasteiger partial charge in [-0.2, -0.15) is 0 Å². The van der Waals surface area contributed by atoms with Crippen LogP contribution in [-0.2, 0) is 0 Å². The minimum Gasteiger partial charge on any atom is -0.311 e. The van der Waals surface area contributed by atoms with Crippen LogP contribution in [0.4, 0.5) is 0 Å². The van der Waals surface area contributed by atoms with Gasteiger partial charge in [-0.1, -0.05) is 19.9 Å². The van der Waals surface area contributed by atoms with Crippen LogP contribution in [0.15, 0.2) is 12.7 Å². The van der Waals surface area contributed by atoms with Gasteiger partial charge < -0.3 is 5.32 Å². The Kier molecular flexibility index (Phi) is 4.18. The first-order valence-corrected chi connectivity index (χ1v) is 5.90. The summed E-state index contributed by atoms with van der Waals surface area (Å²) < 4.78 is 0. The van der Waals surface area contributed by atoms with Crippen LogP contribution in [0, 0.1) is 5.41 Å². The Hall–Kier alpha value is -0.300. The van der Waals surface area contributed by atoms with Crippen LogP contribution in [0.25, 0.3) is 0 Å². The number of hydrogen-bond acceptors (Lipinski definition) is 1. The van der Waals surface area contributed by atoms with Gasteiger partial charge in [-0.3, -0.25) is 0 Å². The normalized spacial score (nSPS) is 24.5. The molecule has 0 bridgehead atoms. The molecule has 1 unspecified atom stereocenters. The van der Waals surface area contributed by atoms with Gasteiger partial charge >= 0.3 is 0 Å². The zero-order chi connectivity index (χ0) is 10.6. The molecule has 0 saturated heterocycles. The molecule has 1 saturated carbocycles. The maximum Gasteiger partial charge on any atom is 0.00757 e. The van der Waals surface area contributed by atoms with E-state index in [-0.39, 0.29) is 0 Å². The molecule has 0 aliphatic heterocycles. The Morgan fingerprint density at radius 1 is 1.43 bits per heavy atom. The van der Waals surface area contributed by atoms with E-state index in [2.05, 4.69) is 32.7 Å². The van der Waals surface area contributed by atoms with Gasteiger partial charge in [0.15, 0.2) is 0 Å². The van der Waals surface area contributed by atoms with Crippen molar-refractivity contribution in [3.63, 3.8) is 0 Å². The molecule has 1 fully saturated rings. The SMILES string of the molecule is C=CCC(C)NC1CCC(C)(C)CC1. The summed E-state index contributed by atoms with van der Waals surface area (Å²) in [6, 6.07) is 1.34. The molecule has 0 radical (unpaired) electrons. The first kappa shape index (κ1) is 11.8. The zero-order valence-electron chi connectivity index (χ0n) is 9.97. The quantitative estimate of drug-likeness (QED) is 0.677. The molecular formula is C13H25N. The summed E-state index contributed by atoms with van der Waals surface area (Å²) in [5.41, 5.74) is 0.583. The highest BCUT2D eigenvalue weighted by atomic mass is 14.9. The van der Waals surface area contributed by atoms with E-state index in [1.54, 1.807) is 0 Å². The van der Waals surface area contributed by atoms with E-state index in [9.17, 15) is 0 Å². The lowest BCUT2D eigenvalue weighted by Gasteiger charge is -2.35. The van der Waals surface area contributed by atoms with Crippen molar-refractivity contribution in [1.82, 2.24) is 5.32 Å². The zero-order valence-corrected chi connectivity index (χ0v) is 9.97.